The summed E-state index contributed by atoms with van der Waals surface area (Å²) in [5, 5.41) is 0. The summed E-state index contributed by atoms with van der Waals surface area (Å²) in [6.07, 6.45) is 1.47. The standard InChI is InChI=1S/C17H18O/c1-2-13-12-18-17(13)16-11-7-6-10-15(16)14-8-4-3-5-9-14/h3-11,13,17H,2,12H2,1H3. The van der Waals surface area contributed by atoms with Gasteiger partial charge in [0.25, 0.3) is 0 Å². The van der Waals surface area contributed by atoms with Crippen LogP contribution >= 0.6 is 0 Å². The van der Waals surface area contributed by atoms with Gasteiger partial charge in [-0.2, -0.15) is 0 Å². The molecule has 2 aromatic carbocycles. The van der Waals surface area contributed by atoms with Gasteiger partial charge in [-0.3, -0.25) is 0 Å². The summed E-state index contributed by atoms with van der Waals surface area (Å²) < 4.78 is 5.78. The van der Waals surface area contributed by atoms with Crippen LogP contribution < -0.4 is 0 Å². The van der Waals surface area contributed by atoms with Crippen LogP contribution in [0.4, 0.5) is 0 Å². The Morgan fingerprint density at radius 1 is 1.00 bits per heavy atom. The molecule has 0 bridgehead atoms. The van der Waals surface area contributed by atoms with Gasteiger partial charge in [0, 0.05) is 5.92 Å². The molecule has 1 heteroatoms. The highest BCUT2D eigenvalue weighted by molar-refractivity contribution is 5.67. The van der Waals surface area contributed by atoms with Crippen molar-refractivity contribution in [2.24, 2.45) is 5.92 Å². The fourth-order valence-corrected chi connectivity index (χ4v) is 2.63. The SMILES string of the molecule is CCC1COC1c1ccccc1-c1ccccc1. The minimum atomic E-state index is 0.284. The van der Waals surface area contributed by atoms with Crippen LogP contribution in [0.2, 0.25) is 0 Å². The van der Waals surface area contributed by atoms with Gasteiger partial charge in [0.2, 0.25) is 0 Å². The van der Waals surface area contributed by atoms with Crippen LogP contribution in [0, 0.1) is 5.92 Å². The Balaban J connectivity index is 2.01. The second kappa shape index (κ2) is 4.95. The molecule has 2 unspecified atom stereocenters. The molecule has 92 valence electrons. The van der Waals surface area contributed by atoms with E-state index in [9.17, 15) is 0 Å². The molecule has 0 amide bonds. The Kier molecular flexibility index (Phi) is 3.16. The maximum Gasteiger partial charge on any atom is 0.0881 e. The average molecular weight is 238 g/mol. The zero-order valence-corrected chi connectivity index (χ0v) is 10.7. The Labute approximate surface area is 108 Å². The minimum absolute atomic E-state index is 0.284. The number of ether oxygens (including phenoxy) is 1. The Hall–Kier alpha value is -1.60. The molecule has 1 saturated heterocycles. The highest BCUT2D eigenvalue weighted by atomic mass is 16.5. The van der Waals surface area contributed by atoms with Crippen molar-refractivity contribution >= 4 is 0 Å². The van der Waals surface area contributed by atoms with Crippen molar-refractivity contribution in [3.8, 4) is 11.1 Å². The van der Waals surface area contributed by atoms with Crippen molar-refractivity contribution in [2.75, 3.05) is 6.61 Å². The second-order valence-electron chi connectivity index (χ2n) is 4.88. The van der Waals surface area contributed by atoms with Gasteiger partial charge in [0.05, 0.1) is 12.7 Å². The zero-order valence-electron chi connectivity index (χ0n) is 10.7. The second-order valence-corrected chi connectivity index (χ2v) is 4.88. The molecule has 0 radical (unpaired) electrons. The van der Waals surface area contributed by atoms with E-state index in [1.165, 1.54) is 23.1 Å². The van der Waals surface area contributed by atoms with Gasteiger partial charge in [-0.25, -0.2) is 0 Å². The fraction of sp³-hybridized carbons (Fsp3) is 0.294. The van der Waals surface area contributed by atoms with Crippen molar-refractivity contribution in [3.63, 3.8) is 0 Å². The van der Waals surface area contributed by atoms with Gasteiger partial charge in [0.15, 0.2) is 0 Å². The zero-order chi connectivity index (χ0) is 12.4. The molecule has 0 N–H and O–H groups in total. The van der Waals surface area contributed by atoms with E-state index >= 15 is 0 Å². The maximum absolute atomic E-state index is 5.78. The highest BCUT2D eigenvalue weighted by Gasteiger charge is 2.33. The van der Waals surface area contributed by atoms with E-state index in [0.29, 0.717) is 5.92 Å². The van der Waals surface area contributed by atoms with Gasteiger partial charge < -0.3 is 4.74 Å². The van der Waals surface area contributed by atoms with Crippen molar-refractivity contribution < 1.29 is 4.74 Å². The molecule has 2 atom stereocenters. The molecule has 0 spiro atoms. The van der Waals surface area contributed by atoms with Crippen molar-refractivity contribution in [1.82, 2.24) is 0 Å². The van der Waals surface area contributed by atoms with Crippen LogP contribution in [0.25, 0.3) is 11.1 Å². The predicted octanol–water partition coefficient (Wildman–Crippen LogP) is 4.45. The molecule has 1 aliphatic heterocycles. The first kappa shape index (κ1) is 11.5. The van der Waals surface area contributed by atoms with Crippen molar-refractivity contribution in [2.45, 2.75) is 19.4 Å². The molecule has 3 rings (SSSR count). The lowest BCUT2D eigenvalue weighted by molar-refractivity contribution is -0.118. The Bertz CT molecular complexity index is 516. The molecular weight excluding hydrogens is 220 g/mol. The molecule has 18 heavy (non-hydrogen) atoms. The molecule has 1 fully saturated rings. The Morgan fingerprint density at radius 3 is 2.39 bits per heavy atom. The lowest BCUT2D eigenvalue weighted by Crippen LogP contribution is -2.32. The van der Waals surface area contributed by atoms with Crippen molar-refractivity contribution in [3.05, 3.63) is 60.2 Å². The summed E-state index contributed by atoms with van der Waals surface area (Å²) in [7, 11) is 0. The van der Waals surface area contributed by atoms with Crippen LogP contribution in [0.5, 0.6) is 0 Å². The third kappa shape index (κ3) is 1.95. The number of hydrogen-bond acceptors (Lipinski definition) is 1. The third-order valence-electron chi connectivity index (χ3n) is 3.79. The highest BCUT2D eigenvalue weighted by Crippen LogP contribution is 2.41. The maximum atomic E-state index is 5.78. The van der Waals surface area contributed by atoms with Gasteiger partial charge >= 0.3 is 0 Å². The van der Waals surface area contributed by atoms with E-state index in [4.69, 9.17) is 4.74 Å². The minimum Gasteiger partial charge on any atom is -0.373 e. The molecular formula is C17H18O. The van der Waals surface area contributed by atoms with E-state index in [1.807, 2.05) is 0 Å². The number of hydrogen-bond donors (Lipinski definition) is 0. The molecule has 2 aromatic rings. The van der Waals surface area contributed by atoms with Gasteiger partial charge in [-0.05, 0) is 23.1 Å². The predicted molar refractivity (Wildman–Crippen MR) is 74.4 cm³/mol. The van der Waals surface area contributed by atoms with Gasteiger partial charge in [-0.15, -0.1) is 0 Å². The summed E-state index contributed by atoms with van der Waals surface area (Å²) in [6, 6.07) is 19.2. The van der Waals surface area contributed by atoms with Crippen molar-refractivity contribution in [1.29, 1.82) is 0 Å². The molecule has 1 aliphatic rings. The number of benzene rings is 2. The molecule has 0 aliphatic carbocycles. The summed E-state index contributed by atoms with van der Waals surface area (Å²) in [5.74, 6) is 0.676. The third-order valence-corrected chi connectivity index (χ3v) is 3.79. The van der Waals surface area contributed by atoms with Gasteiger partial charge in [0.1, 0.15) is 0 Å². The first-order valence-corrected chi connectivity index (χ1v) is 6.66. The molecule has 1 nitrogen and oxygen atoms in total. The Morgan fingerprint density at radius 2 is 1.72 bits per heavy atom. The molecule has 0 aromatic heterocycles. The van der Waals surface area contributed by atoms with Gasteiger partial charge in [-0.1, -0.05) is 61.5 Å². The number of rotatable bonds is 3. The molecule has 1 heterocycles. The lowest BCUT2D eigenvalue weighted by atomic mass is 9.85. The first-order valence-electron chi connectivity index (χ1n) is 6.66. The van der Waals surface area contributed by atoms with E-state index in [2.05, 4.69) is 61.5 Å². The van der Waals surface area contributed by atoms with E-state index in [0.717, 1.165) is 6.61 Å². The lowest BCUT2D eigenvalue weighted by Gasteiger charge is -2.37. The van der Waals surface area contributed by atoms with Crippen LogP contribution in [0.15, 0.2) is 54.6 Å². The summed E-state index contributed by atoms with van der Waals surface area (Å²) in [5.41, 5.74) is 3.92. The van der Waals surface area contributed by atoms with Crippen LogP contribution in [0.3, 0.4) is 0 Å². The normalized spacial score (nSPS) is 22.5. The largest absolute Gasteiger partial charge is 0.373 e. The smallest absolute Gasteiger partial charge is 0.0881 e. The monoisotopic (exact) mass is 238 g/mol. The van der Waals surface area contributed by atoms with Crippen LogP contribution in [-0.4, -0.2) is 6.61 Å². The van der Waals surface area contributed by atoms with E-state index < -0.39 is 0 Å². The first-order chi connectivity index (χ1) is 8.90. The van der Waals surface area contributed by atoms with Crippen LogP contribution in [0.1, 0.15) is 25.0 Å². The summed E-state index contributed by atoms with van der Waals surface area (Å²) in [4.78, 5) is 0. The van der Waals surface area contributed by atoms with Crippen LogP contribution in [-0.2, 0) is 4.74 Å². The quantitative estimate of drug-likeness (QED) is 0.767. The summed E-state index contributed by atoms with van der Waals surface area (Å²) >= 11 is 0. The summed E-state index contributed by atoms with van der Waals surface area (Å²) in [6.45, 7) is 3.15. The average Bonchev–Trinajstić information content (AvgIpc) is 2.40. The van der Waals surface area contributed by atoms with E-state index in [1.54, 1.807) is 0 Å². The molecule has 0 saturated carbocycles. The van der Waals surface area contributed by atoms with E-state index in [-0.39, 0.29) is 6.10 Å². The topological polar surface area (TPSA) is 9.23 Å². The fourth-order valence-electron chi connectivity index (χ4n) is 2.63.